The second kappa shape index (κ2) is 8.62. The molecule has 4 aromatic rings. The van der Waals surface area contributed by atoms with Gasteiger partial charge in [0.05, 0.1) is 23.1 Å². The second-order valence-electron chi connectivity index (χ2n) is 10.0. The van der Waals surface area contributed by atoms with Gasteiger partial charge in [0, 0.05) is 41.5 Å². The number of carbonyl (C=O) groups is 1. The van der Waals surface area contributed by atoms with Crippen LogP contribution in [0.5, 0.6) is 11.8 Å². The van der Waals surface area contributed by atoms with Crippen molar-refractivity contribution in [2.45, 2.75) is 51.7 Å². The Hall–Kier alpha value is -3.94. The fourth-order valence-corrected chi connectivity index (χ4v) is 4.75. The molecule has 0 spiro atoms. The third-order valence-corrected chi connectivity index (χ3v) is 7.30. The van der Waals surface area contributed by atoms with Crippen LogP contribution in [-0.4, -0.2) is 26.3 Å². The Kier molecular flexibility index (Phi) is 5.39. The smallest absolute Gasteiger partial charge is 0.411 e. The van der Waals surface area contributed by atoms with E-state index >= 15 is 0 Å². The van der Waals surface area contributed by atoms with Gasteiger partial charge in [-0.1, -0.05) is 12.1 Å². The largest absolute Gasteiger partial charge is 0.446 e. The summed E-state index contributed by atoms with van der Waals surface area (Å²) < 4.78 is 15.8. The van der Waals surface area contributed by atoms with Crippen LogP contribution in [0.3, 0.4) is 0 Å². The summed E-state index contributed by atoms with van der Waals surface area (Å²) in [6.07, 6.45) is 5.83. The fraction of sp³-hybridized carbons (Fsp3) is 0.357. The van der Waals surface area contributed by atoms with Crippen LogP contribution in [0.1, 0.15) is 44.3 Å². The average molecular weight is 486 g/mol. The molecule has 2 saturated carbocycles. The highest BCUT2D eigenvalue weighted by Gasteiger charge is 2.31. The molecule has 2 aromatic heterocycles. The van der Waals surface area contributed by atoms with Gasteiger partial charge in [-0.3, -0.25) is 5.32 Å². The first-order chi connectivity index (χ1) is 17.4. The van der Waals surface area contributed by atoms with Gasteiger partial charge in [-0.25, -0.2) is 9.78 Å². The maximum absolute atomic E-state index is 12.2. The second-order valence-corrected chi connectivity index (χ2v) is 10.0. The van der Waals surface area contributed by atoms with Gasteiger partial charge in [-0.15, -0.1) is 0 Å². The molecular formula is C28H31N5O3. The third kappa shape index (κ3) is 4.17. The van der Waals surface area contributed by atoms with E-state index in [1.165, 1.54) is 0 Å². The molecule has 3 N–H and O–H groups in total. The number of rotatable bonds is 7. The van der Waals surface area contributed by atoms with Crippen LogP contribution < -0.4 is 15.8 Å². The summed E-state index contributed by atoms with van der Waals surface area (Å²) in [5.74, 6) is 1.23. The third-order valence-electron chi connectivity index (χ3n) is 7.30. The van der Waals surface area contributed by atoms with E-state index < -0.39 is 6.09 Å². The normalized spacial score (nSPS) is 16.2. The van der Waals surface area contributed by atoms with Crippen LogP contribution in [0.4, 0.5) is 16.2 Å². The van der Waals surface area contributed by atoms with Crippen molar-refractivity contribution in [3.63, 3.8) is 0 Å². The van der Waals surface area contributed by atoms with E-state index in [2.05, 4.69) is 14.9 Å². The van der Waals surface area contributed by atoms with Crippen molar-refractivity contribution in [1.29, 1.82) is 0 Å². The van der Waals surface area contributed by atoms with Crippen LogP contribution >= 0.6 is 0 Å². The van der Waals surface area contributed by atoms with E-state index in [-0.39, 0.29) is 6.10 Å². The van der Waals surface area contributed by atoms with E-state index in [1.807, 2.05) is 67.9 Å². The van der Waals surface area contributed by atoms with Crippen molar-refractivity contribution in [2.75, 3.05) is 11.1 Å². The number of imidazole rings is 1. The number of nitrogens with two attached hydrogens (primary N) is 1. The number of carbonyl (C=O) groups excluding carboxylic acids is 1. The van der Waals surface area contributed by atoms with E-state index in [0.29, 0.717) is 23.7 Å². The predicted octanol–water partition coefficient (Wildman–Crippen LogP) is 6.41. The van der Waals surface area contributed by atoms with Gasteiger partial charge in [-0.05, 0) is 69.7 Å². The molecule has 0 radical (unpaired) electrons. The van der Waals surface area contributed by atoms with Gasteiger partial charge < -0.3 is 24.3 Å². The highest BCUT2D eigenvalue weighted by molar-refractivity contribution is 6.02. The lowest BCUT2D eigenvalue weighted by atomic mass is 10.1. The number of ether oxygens (including phenoxy) is 2. The molecule has 2 aromatic carbocycles. The maximum Gasteiger partial charge on any atom is 0.411 e. The first kappa shape index (κ1) is 22.5. The van der Waals surface area contributed by atoms with Crippen molar-refractivity contribution in [1.82, 2.24) is 14.1 Å². The zero-order valence-corrected chi connectivity index (χ0v) is 20.8. The number of hydrogen-bond donors (Lipinski definition) is 2. The molecule has 2 aliphatic carbocycles. The van der Waals surface area contributed by atoms with Gasteiger partial charge in [-0.2, -0.15) is 0 Å². The van der Waals surface area contributed by atoms with Crippen molar-refractivity contribution in [3.8, 4) is 23.0 Å². The number of amides is 1. The highest BCUT2D eigenvalue weighted by Crippen LogP contribution is 2.47. The number of nitrogen functional groups attached to an aromatic ring is 1. The lowest BCUT2D eigenvalue weighted by molar-refractivity contribution is 0.108. The summed E-state index contributed by atoms with van der Waals surface area (Å²) in [5.41, 5.74) is 12.2. The Morgan fingerprint density at radius 2 is 1.89 bits per heavy atom. The van der Waals surface area contributed by atoms with Crippen LogP contribution in [0, 0.1) is 12.8 Å². The fourth-order valence-electron chi connectivity index (χ4n) is 4.75. The van der Waals surface area contributed by atoms with E-state index in [9.17, 15) is 4.79 Å². The molecule has 0 bridgehead atoms. The Labute approximate surface area is 210 Å². The molecule has 1 unspecified atom stereocenters. The van der Waals surface area contributed by atoms with Crippen molar-refractivity contribution in [2.24, 2.45) is 13.0 Å². The first-order valence-corrected chi connectivity index (χ1v) is 12.6. The molecule has 0 aliphatic heterocycles. The van der Waals surface area contributed by atoms with Crippen molar-refractivity contribution in [3.05, 3.63) is 54.4 Å². The van der Waals surface area contributed by atoms with Gasteiger partial charge in [0.1, 0.15) is 11.9 Å². The Morgan fingerprint density at radius 1 is 1.14 bits per heavy atom. The number of nitrogens with one attached hydrogen (secondary N) is 1. The van der Waals surface area contributed by atoms with E-state index in [1.54, 1.807) is 6.20 Å². The van der Waals surface area contributed by atoms with Crippen molar-refractivity contribution < 1.29 is 14.3 Å². The number of aromatic nitrogens is 3. The number of nitrogens with zero attached hydrogens (tertiary/aromatic N) is 3. The first-order valence-electron chi connectivity index (χ1n) is 12.6. The maximum atomic E-state index is 12.2. The molecular weight excluding hydrogens is 454 g/mol. The monoisotopic (exact) mass is 485 g/mol. The molecule has 1 amide bonds. The number of benzene rings is 2. The minimum Gasteiger partial charge on any atom is -0.446 e. The quantitative estimate of drug-likeness (QED) is 0.315. The van der Waals surface area contributed by atoms with Crippen LogP contribution in [-0.2, 0) is 11.8 Å². The van der Waals surface area contributed by atoms with Gasteiger partial charge in [0.2, 0.25) is 0 Å². The summed E-state index contributed by atoms with van der Waals surface area (Å²) in [6.45, 7) is 3.94. The standard InChI is InChI=1S/C28H31N5O3/c1-16-15-30-27(32(16)3)36-22-12-13-23-24(14-22)33(21-10-11-21)26(25(23)29)19-6-8-20(9-7-19)31-28(34)35-17(2)18-4-5-18/h6-9,12-15,17-18,21H,4-5,10-11,29H2,1-3H3,(H,31,34). The van der Waals surface area contributed by atoms with Gasteiger partial charge in [0.15, 0.2) is 0 Å². The molecule has 186 valence electrons. The lowest BCUT2D eigenvalue weighted by Gasteiger charge is -2.14. The molecule has 36 heavy (non-hydrogen) atoms. The lowest BCUT2D eigenvalue weighted by Crippen LogP contribution is -2.21. The predicted molar refractivity (Wildman–Crippen MR) is 140 cm³/mol. The van der Waals surface area contributed by atoms with Crippen LogP contribution in [0.25, 0.3) is 22.2 Å². The molecule has 8 heteroatoms. The number of aryl methyl sites for hydroxylation is 1. The molecule has 2 aliphatic rings. The molecule has 2 fully saturated rings. The summed E-state index contributed by atoms with van der Waals surface area (Å²) in [4.78, 5) is 16.6. The number of anilines is 2. The summed E-state index contributed by atoms with van der Waals surface area (Å²) in [6, 6.07) is 14.7. The molecule has 8 nitrogen and oxygen atoms in total. The average Bonchev–Trinajstić information content (AvgIpc) is 3.79. The molecule has 6 rings (SSSR count). The molecule has 0 saturated heterocycles. The van der Waals surface area contributed by atoms with Crippen LogP contribution in [0.2, 0.25) is 0 Å². The van der Waals surface area contributed by atoms with Gasteiger partial charge >= 0.3 is 12.1 Å². The number of hydrogen-bond acceptors (Lipinski definition) is 5. The summed E-state index contributed by atoms with van der Waals surface area (Å²) in [5, 5.41) is 3.84. The number of fused-ring (bicyclic) bond motifs is 1. The zero-order valence-electron chi connectivity index (χ0n) is 20.8. The minimum absolute atomic E-state index is 0.0476. The Bertz CT molecular complexity index is 1440. The Morgan fingerprint density at radius 3 is 2.53 bits per heavy atom. The van der Waals surface area contributed by atoms with Crippen molar-refractivity contribution >= 4 is 28.4 Å². The summed E-state index contributed by atoms with van der Waals surface area (Å²) in [7, 11) is 1.94. The highest BCUT2D eigenvalue weighted by atomic mass is 16.6. The van der Waals surface area contributed by atoms with Gasteiger partial charge in [0.25, 0.3) is 0 Å². The van der Waals surface area contributed by atoms with E-state index in [0.717, 1.165) is 65.0 Å². The topological polar surface area (TPSA) is 96.3 Å². The molecule has 1 atom stereocenters. The minimum atomic E-state index is -0.413. The SMILES string of the molecule is Cc1cnc(Oc2ccc3c(N)c(-c4ccc(NC(=O)OC(C)C5CC5)cc4)n(C4CC4)c3c2)n1C. The Balaban J connectivity index is 1.29. The summed E-state index contributed by atoms with van der Waals surface area (Å²) >= 11 is 0. The van der Waals surface area contributed by atoms with Crippen LogP contribution in [0.15, 0.2) is 48.7 Å². The zero-order chi connectivity index (χ0) is 25.0. The molecule has 2 heterocycles. The van der Waals surface area contributed by atoms with E-state index in [4.69, 9.17) is 15.2 Å².